The quantitative estimate of drug-likeness (QED) is 0.707. The van der Waals surface area contributed by atoms with E-state index in [1.54, 1.807) is 0 Å². The van der Waals surface area contributed by atoms with Crippen LogP contribution in [0.4, 0.5) is 0 Å². The van der Waals surface area contributed by atoms with E-state index in [4.69, 9.17) is 9.47 Å². The molecule has 2 heterocycles. The maximum atomic E-state index is 13.4. The van der Waals surface area contributed by atoms with E-state index in [9.17, 15) is 9.59 Å². The Bertz CT molecular complexity index is 694. The summed E-state index contributed by atoms with van der Waals surface area (Å²) in [6.07, 6.45) is 4.69. The summed E-state index contributed by atoms with van der Waals surface area (Å²) in [5.74, 6) is 1.42. The van der Waals surface area contributed by atoms with Crippen molar-refractivity contribution in [2.24, 2.45) is 5.92 Å². The fourth-order valence-corrected chi connectivity index (χ4v) is 4.90. The average Bonchev–Trinajstić information content (AvgIpc) is 3.34. The molecule has 164 valence electrons. The average molecular weight is 416 g/mol. The lowest BCUT2D eigenvalue weighted by atomic mass is 9.94. The predicted molar refractivity (Wildman–Crippen MR) is 113 cm³/mol. The van der Waals surface area contributed by atoms with Gasteiger partial charge in [0.1, 0.15) is 5.75 Å². The first-order chi connectivity index (χ1) is 14.7. The first kappa shape index (κ1) is 21.1. The fraction of sp³-hybridized carbons (Fsp3) is 0.652. The molecule has 0 spiro atoms. The van der Waals surface area contributed by atoms with Crippen molar-refractivity contribution < 1.29 is 19.1 Å². The predicted octanol–water partition coefficient (Wildman–Crippen LogP) is 1.63. The highest BCUT2D eigenvalue weighted by molar-refractivity contribution is 5.82. The van der Waals surface area contributed by atoms with Gasteiger partial charge in [-0.2, -0.15) is 0 Å². The van der Waals surface area contributed by atoms with E-state index in [1.807, 2.05) is 40.1 Å². The third-order valence-electron chi connectivity index (χ3n) is 6.59. The maximum Gasteiger partial charge on any atom is 0.260 e. The Labute approximate surface area is 178 Å². The molecule has 30 heavy (non-hydrogen) atoms. The zero-order valence-corrected chi connectivity index (χ0v) is 17.7. The number of carbonyl (C=O) groups excluding carboxylic acids is 2. The Balaban J connectivity index is 1.32. The molecule has 2 saturated heterocycles. The number of amides is 2. The van der Waals surface area contributed by atoms with Crippen LogP contribution in [-0.4, -0.2) is 91.6 Å². The number of para-hydroxylation sites is 1. The van der Waals surface area contributed by atoms with Crippen molar-refractivity contribution in [3.63, 3.8) is 0 Å². The highest BCUT2D eigenvalue weighted by Crippen LogP contribution is 2.32. The highest BCUT2D eigenvalue weighted by Gasteiger charge is 2.39. The minimum atomic E-state index is -0.0524. The van der Waals surface area contributed by atoms with Crippen molar-refractivity contribution in [1.82, 2.24) is 14.7 Å². The van der Waals surface area contributed by atoms with E-state index in [1.165, 1.54) is 12.8 Å². The van der Waals surface area contributed by atoms with E-state index < -0.39 is 0 Å². The molecule has 0 aromatic heterocycles. The second-order valence-electron chi connectivity index (χ2n) is 8.45. The van der Waals surface area contributed by atoms with Crippen LogP contribution in [-0.2, 0) is 14.3 Å². The number of ether oxygens (including phenoxy) is 2. The molecule has 7 heteroatoms. The third-order valence-corrected chi connectivity index (χ3v) is 6.59. The Hall–Kier alpha value is -2.12. The molecule has 1 aromatic rings. The van der Waals surface area contributed by atoms with Crippen LogP contribution in [0, 0.1) is 5.92 Å². The third kappa shape index (κ3) is 5.13. The standard InChI is InChI=1S/C23H33N3O4/c27-21(18-30-20-8-2-1-3-9-20)24-10-12-25(13-11-24)22(19-6-4-5-7-19)23(28)26-14-16-29-17-15-26/h1-3,8-9,19,22H,4-7,10-18H2. The van der Waals surface area contributed by atoms with Crippen LogP contribution in [0.2, 0.25) is 0 Å². The van der Waals surface area contributed by atoms with Crippen molar-refractivity contribution >= 4 is 11.8 Å². The van der Waals surface area contributed by atoms with Gasteiger partial charge in [-0.05, 0) is 30.9 Å². The second kappa shape index (κ2) is 10.3. The minimum absolute atomic E-state index is 0.00965. The van der Waals surface area contributed by atoms with Gasteiger partial charge in [0.15, 0.2) is 6.61 Å². The van der Waals surface area contributed by atoms with Crippen LogP contribution in [0.15, 0.2) is 30.3 Å². The van der Waals surface area contributed by atoms with Crippen LogP contribution in [0.25, 0.3) is 0 Å². The molecule has 0 N–H and O–H groups in total. The largest absolute Gasteiger partial charge is 0.484 e. The molecule has 4 rings (SSSR count). The molecule has 2 amide bonds. The molecular weight excluding hydrogens is 382 g/mol. The van der Waals surface area contributed by atoms with E-state index >= 15 is 0 Å². The van der Waals surface area contributed by atoms with E-state index in [-0.39, 0.29) is 24.5 Å². The number of nitrogens with zero attached hydrogens (tertiary/aromatic N) is 3. The molecule has 1 aliphatic carbocycles. The van der Waals surface area contributed by atoms with Gasteiger partial charge in [0, 0.05) is 39.3 Å². The molecule has 3 fully saturated rings. The number of benzene rings is 1. The van der Waals surface area contributed by atoms with Gasteiger partial charge >= 0.3 is 0 Å². The van der Waals surface area contributed by atoms with Crippen molar-refractivity contribution in [1.29, 1.82) is 0 Å². The normalized spacial score (nSPS) is 22.1. The molecule has 1 saturated carbocycles. The van der Waals surface area contributed by atoms with Gasteiger partial charge in [-0.25, -0.2) is 0 Å². The van der Waals surface area contributed by atoms with Crippen LogP contribution >= 0.6 is 0 Å². The van der Waals surface area contributed by atoms with Crippen molar-refractivity contribution in [3.8, 4) is 5.75 Å². The van der Waals surface area contributed by atoms with Crippen molar-refractivity contribution in [2.45, 2.75) is 31.7 Å². The summed E-state index contributed by atoms with van der Waals surface area (Å²) in [6, 6.07) is 9.37. The molecule has 0 radical (unpaired) electrons. The summed E-state index contributed by atoms with van der Waals surface area (Å²) >= 11 is 0. The molecule has 2 aliphatic heterocycles. The van der Waals surface area contributed by atoms with Crippen LogP contribution in [0.3, 0.4) is 0 Å². The van der Waals surface area contributed by atoms with E-state index in [2.05, 4.69) is 4.90 Å². The zero-order chi connectivity index (χ0) is 20.8. The Morgan fingerprint density at radius 2 is 1.60 bits per heavy atom. The van der Waals surface area contributed by atoms with Crippen molar-refractivity contribution in [3.05, 3.63) is 30.3 Å². The van der Waals surface area contributed by atoms with Gasteiger partial charge in [0.05, 0.1) is 19.3 Å². The molecular formula is C23H33N3O4. The number of carbonyl (C=O) groups is 2. The van der Waals surface area contributed by atoms with Gasteiger partial charge in [-0.1, -0.05) is 31.0 Å². The summed E-state index contributed by atoms with van der Waals surface area (Å²) in [5, 5.41) is 0. The number of rotatable bonds is 6. The first-order valence-corrected chi connectivity index (χ1v) is 11.3. The van der Waals surface area contributed by atoms with Crippen LogP contribution < -0.4 is 4.74 Å². The smallest absolute Gasteiger partial charge is 0.260 e. The van der Waals surface area contributed by atoms with Crippen molar-refractivity contribution in [2.75, 3.05) is 59.1 Å². The molecule has 0 bridgehead atoms. The van der Waals surface area contributed by atoms with Gasteiger partial charge in [-0.15, -0.1) is 0 Å². The fourth-order valence-electron chi connectivity index (χ4n) is 4.90. The molecule has 3 aliphatic rings. The van der Waals surface area contributed by atoms with Crippen LogP contribution in [0.5, 0.6) is 5.75 Å². The monoisotopic (exact) mass is 415 g/mol. The molecule has 1 atom stereocenters. The number of hydrogen-bond acceptors (Lipinski definition) is 5. The number of morpholine rings is 1. The maximum absolute atomic E-state index is 13.4. The lowest BCUT2D eigenvalue weighted by Gasteiger charge is -2.43. The Morgan fingerprint density at radius 1 is 0.933 bits per heavy atom. The topological polar surface area (TPSA) is 62.3 Å². The summed E-state index contributed by atoms with van der Waals surface area (Å²) in [4.78, 5) is 32.1. The molecule has 1 aromatic carbocycles. The zero-order valence-electron chi connectivity index (χ0n) is 17.7. The van der Waals surface area contributed by atoms with Crippen LogP contribution in [0.1, 0.15) is 25.7 Å². The summed E-state index contributed by atoms with van der Waals surface area (Å²) in [6.45, 7) is 5.49. The Morgan fingerprint density at radius 3 is 2.27 bits per heavy atom. The van der Waals surface area contributed by atoms with Gasteiger partial charge in [0.2, 0.25) is 5.91 Å². The molecule has 1 unspecified atom stereocenters. The lowest BCUT2D eigenvalue weighted by Crippen LogP contribution is -2.59. The highest BCUT2D eigenvalue weighted by atomic mass is 16.5. The summed E-state index contributed by atoms with van der Waals surface area (Å²) < 4.78 is 11.0. The van der Waals surface area contributed by atoms with Gasteiger partial charge in [0.25, 0.3) is 5.91 Å². The lowest BCUT2D eigenvalue weighted by molar-refractivity contribution is -0.145. The number of piperazine rings is 1. The minimum Gasteiger partial charge on any atom is -0.484 e. The summed E-state index contributed by atoms with van der Waals surface area (Å²) in [5.41, 5.74) is 0. The van der Waals surface area contributed by atoms with E-state index in [0.29, 0.717) is 51.1 Å². The molecule has 7 nitrogen and oxygen atoms in total. The number of hydrogen-bond donors (Lipinski definition) is 0. The summed E-state index contributed by atoms with van der Waals surface area (Å²) in [7, 11) is 0. The van der Waals surface area contributed by atoms with E-state index in [0.717, 1.165) is 25.9 Å². The van der Waals surface area contributed by atoms with Gasteiger partial charge in [-0.3, -0.25) is 14.5 Å². The van der Waals surface area contributed by atoms with Gasteiger partial charge < -0.3 is 19.3 Å². The second-order valence-corrected chi connectivity index (χ2v) is 8.45. The Kier molecular flexibility index (Phi) is 7.23. The first-order valence-electron chi connectivity index (χ1n) is 11.3. The SMILES string of the molecule is O=C(COc1ccccc1)N1CCN(C(C(=O)N2CCOCC2)C2CCCC2)CC1.